The van der Waals surface area contributed by atoms with Gasteiger partial charge in [-0.2, -0.15) is 0 Å². The van der Waals surface area contributed by atoms with E-state index in [9.17, 15) is 9.59 Å². The molecule has 5 heteroatoms. The second-order valence-electron chi connectivity index (χ2n) is 4.59. The van der Waals surface area contributed by atoms with Crippen molar-refractivity contribution in [3.8, 4) is 0 Å². The third kappa shape index (κ3) is 2.95. The van der Waals surface area contributed by atoms with Gasteiger partial charge >= 0.3 is 0 Å². The number of carbonyl (C=O) groups excluding carboxylic acids is 2. The molecule has 2 aliphatic rings. The molecule has 16 heavy (non-hydrogen) atoms. The predicted octanol–water partition coefficient (Wildman–Crippen LogP) is -0.619. The zero-order valence-electron chi connectivity index (χ0n) is 9.42. The van der Waals surface area contributed by atoms with E-state index in [1.807, 2.05) is 0 Å². The van der Waals surface area contributed by atoms with Crippen LogP contribution >= 0.6 is 0 Å². The summed E-state index contributed by atoms with van der Waals surface area (Å²) in [6.07, 6.45) is 3.32. The van der Waals surface area contributed by atoms with Gasteiger partial charge in [-0.15, -0.1) is 0 Å². The van der Waals surface area contributed by atoms with Crippen LogP contribution in [0.1, 0.15) is 25.7 Å². The van der Waals surface area contributed by atoms with Crippen molar-refractivity contribution >= 4 is 11.8 Å². The minimum Gasteiger partial charge on any atom is -0.354 e. The maximum atomic E-state index is 11.9. The van der Waals surface area contributed by atoms with Gasteiger partial charge in [0, 0.05) is 25.6 Å². The van der Waals surface area contributed by atoms with Crippen molar-refractivity contribution in [2.24, 2.45) is 5.92 Å². The standard InChI is InChI=1S/C11H19N3O2/c15-10-4-3-9(7-13-10)14-11(16)8-2-1-5-12-6-8/h8-9,12H,1-7H2,(H,13,15)(H,14,16)/t8-,9?/m0/s1. The SMILES string of the molecule is O=C1CCC(NC(=O)[C@H]2CCCNC2)CN1. The van der Waals surface area contributed by atoms with Crippen LogP contribution in [0.2, 0.25) is 0 Å². The lowest BCUT2D eigenvalue weighted by Crippen LogP contribution is -2.51. The van der Waals surface area contributed by atoms with E-state index in [1.165, 1.54) is 0 Å². The molecule has 2 rings (SSSR count). The summed E-state index contributed by atoms with van der Waals surface area (Å²) in [5.74, 6) is 0.324. The lowest BCUT2D eigenvalue weighted by molar-refractivity contribution is -0.128. The lowest BCUT2D eigenvalue weighted by atomic mass is 9.97. The first kappa shape index (κ1) is 11.4. The van der Waals surface area contributed by atoms with Crippen molar-refractivity contribution in [3.63, 3.8) is 0 Å². The molecule has 0 saturated carbocycles. The van der Waals surface area contributed by atoms with Crippen LogP contribution in [0.5, 0.6) is 0 Å². The van der Waals surface area contributed by atoms with Crippen LogP contribution in [0, 0.1) is 5.92 Å². The highest BCUT2D eigenvalue weighted by Gasteiger charge is 2.25. The van der Waals surface area contributed by atoms with Gasteiger partial charge < -0.3 is 16.0 Å². The van der Waals surface area contributed by atoms with Crippen LogP contribution in [0.15, 0.2) is 0 Å². The predicted molar refractivity (Wildman–Crippen MR) is 59.8 cm³/mol. The monoisotopic (exact) mass is 225 g/mol. The molecule has 2 heterocycles. The van der Waals surface area contributed by atoms with E-state index >= 15 is 0 Å². The number of hydrogen-bond donors (Lipinski definition) is 3. The molecule has 2 atom stereocenters. The molecular formula is C11H19N3O2. The Hall–Kier alpha value is -1.10. The Bertz CT molecular complexity index is 264. The molecule has 2 amide bonds. The average molecular weight is 225 g/mol. The molecular weight excluding hydrogens is 206 g/mol. The molecule has 2 fully saturated rings. The maximum absolute atomic E-state index is 11.9. The average Bonchev–Trinajstić information content (AvgIpc) is 2.33. The van der Waals surface area contributed by atoms with Crippen LogP contribution in [0.3, 0.4) is 0 Å². The molecule has 3 N–H and O–H groups in total. The summed E-state index contributed by atoms with van der Waals surface area (Å²) in [7, 11) is 0. The summed E-state index contributed by atoms with van der Waals surface area (Å²) in [5, 5.41) is 9.02. The highest BCUT2D eigenvalue weighted by atomic mass is 16.2. The third-order valence-electron chi connectivity index (χ3n) is 3.28. The molecule has 2 aliphatic heterocycles. The van der Waals surface area contributed by atoms with Gasteiger partial charge in [0.05, 0.1) is 5.92 Å². The summed E-state index contributed by atoms with van der Waals surface area (Å²) in [6, 6.07) is 0.118. The summed E-state index contributed by atoms with van der Waals surface area (Å²) < 4.78 is 0. The molecule has 0 spiro atoms. The molecule has 1 unspecified atom stereocenters. The van der Waals surface area contributed by atoms with Crippen molar-refractivity contribution in [2.75, 3.05) is 19.6 Å². The smallest absolute Gasteiger partial charge is 0.224 e. The first-order chi connectivity index (χ1) is 7.75. The largest absolute Gasteiger partial charge is 0.354 e. The third-order valence-corrected chi connectivity index (χ3v) is 3.28. The minimum absolute atomic E-state index is 0.0878. The summed E-state index contributed by atoms with van der Waals surface area (Å²) >= 11 is 0. The minimum atomic E-state index is 0.0878. The normalized spacial score (nSPS) is 30.6. The van der Waals surface area contributed by atoms with E-state index in [4.69, 9.17) is 0 Å². The second kappa shape index (κ2) is 5.30. The first-order valence-corrected chi connectivity index (χ1v) is 6.03. The molecule has 0 aromatic carbocycles. The number of nitrogens with one attached hydrogen (secondary N) is 3. The molecule has 0 aromatic heterocycles. The molecule has 0 aromatic rings. The Balaban J connectivity index is 1.75. The zero-order chi connectivity index (χ0) is 11.4. The van der Waals surface area contributed by atoms with Crippen molar-refractivity contribution in [2.45, 2.75) is 31.7 Å². The van der Waals surface area contributed by atoms with E-state index < -0.39 is 0 Å². The quantitative estimate of drug-likeness (QED) is 0.586. The number of piperidine rings is 2. The van der Waals surface area contributed by atoms with Gasteiger partial charge in [0.1, 0.15) is 0 Å². The van der Waals surface area contributed by atoms with Crippen LogP contribution in [-0.2, 0) is 9.59 Å². The zero-order valence-corrected chi connectivity index (χ0v) is 9.42. The Morgan fingerprint density at radius 1 is 1.31 bits per heavy atom. The van der Waals surface area contributed by atoms with Crippen LogP contribution in [-0.4, -0.2) is 37.5 Å². The fourth-order valence-electron chi connectivity index (χ4n) is 2.25. The van der Waals surface area contributed by atoms with Crippen LogP contribution < -0.4 is 16.0 Å². The van der Waals surface area contributed by atoms with E-state index in [0.29, 0.717) is 13.0 Å². The Morgan fingerprint density at radius 2 is 2.19 bits per heavy atom. The van der Waals surface area contributed by atoms with Crippen molar-refractivity contribution in [1.29, 1.82) is 0 Å². The van der Waals surface area contributed by atoms with Gasteiger partial charge in [0.15, 0.2) is 0 Å². The summed E-state index contributed by atoms with van der Waals surface area (Å²) in [5.41, 5.74) is 0. The van der Waals surface area contributed by atoms with Crippen molar-refractivity contribution in [3.05, 3.63) is 0 Å². The first-order valence-electron chi connectivity index (χ1n) is 6.03. The Kier molecular flexibility index (Phi) is 3.77. The number of hydrogen-bond acceptors (Lipinski definition) is 3. The highest BCUT2D eigenvalue weighted by molar-refractivity contribution is 5.80. The lowest BCUT2D eigenvalue weighted by Gasteiger charge is -2.27. The van der Waals surface area contributed by atoms with Crippen molar-refractivity contribution in [1.82, 2.24) is 16.0 Å². The molecule has 90 valence electrons. The Morgan fingerprint density at radius 3 is 2.81 bits per heavy atom. The van der Waals surface area contributed by atoms with E-state index in [-0.39, 0.29) is 23.8 Å². The Labute approximate surface area is 95.3 Å². The van der Waals surface area contributed by atoms with Crippen LogP contribution in [0.4, 0.5) is 0 Å². The molecule has 5 nitrogen and oxygen atoms in total. The second-order valence-corrected chi connectivity index (χ2v) is 4.59. The topological polar surface area (TPSA) is 70.2 Å². The van der Waals surface area contributed by atoms with Gasteiger partial charge in [0.25, 0.3) is 0 Å². The van der Waals surface area contributed by atoms with Gasteiger partial charge in [-0.25, -0.2) is 0 Å². The summed E-state index contributed by atoms with van der Waals surface area (Å²) in [4.78, 5) is 22.8. The van der Waals surface area contributed by atoms with Gasteiger partial charge in [-0.05, 0) is 25.8 Å². The van der Waals surface area contributed by atoms with Crippen molar-refractivity contribution < 1.29 is 9.59 Å². The van der Waals surface area contributed by atoms with Gasteiger partial charge in [0.2, 0.25) is 11.8 Å². The van der Waals surface area contributed by atoms with E-state index in [1.54, 1.807) is 0 Å². The maximum Gasteiger partial charge on any atom is 0.224 e. The van der Waals surface area contributed by atoms with Gasteiger partial charge in [-0.1, -0.05) is 0 Å². The fourth-order valence-corrected chi connectivity index (χ4v) is 2.25. The number of rotatable bonds is 2. The van der Waals surface area contributed by atoms with Crippen LogP contribution in [0.25, 0.3) is 0 Å². The highest BCUT2D eigenvalue weighted by Crippen LogP contribution is 2.11. The molecule has 0 radical (unpaired) electrons. The molecule has 2 saturated heterocycles. The molecule has 0 bridgehead atoms. The van der Waals surface area contributed by atoms with E-state index in [0.717, 1.165) is 32.4 Å². The number of carbonyl (C=O) groups is 2. The summed E-state index contributed by atoms with van der Waals surface area (Å²) in [6.45, 7) is 2.37. The fraction of sp³-hybridized carbons (Fsp3) is 0.818. The number of amides is 2. The van der Waals surface area contributed by atoms with E-state index in [2.05, 4.69) is 16.0 Å². The molecule has 0 aliphatic carbocycles. The van der Waals surface area contributed by atoms with Gasteiger partial charge in [-0.3, -0.25) is 9.59 Å².